The second-order valence-corrected chi connectivity index (χ2v) is 5.98. The Bertz CT molecular complexity index is 1000. The molecule has 6 heteroatoms. The van der Waals surface area contributed by atoms with Crippen LogP contribution in [0.3, 0.4) is 0 Å². The van der Waals surface area contributed by atoms with E-state index in [1.165, 1.54) is 12.1 Å². The third kappa shape index (κ3) is 3.52. The van der Waals surface area contributed by atoms with Crippen molar-refractivity contribution in [1.82, 2.24) is 5.32 Å². The van der Waals surface area contributed by atoms with Gasteiger partial charge in [0, 0.05) is 16.6 Å². The van der Waals surface area contributed by atoms with E-state index in [0.29, 0.717) is 34.4 Å². The third-order valence-corrected chi connectivity index (χ3v) is 4.21. The highest BCUT2D eigenvalue weighted by Gasteiger charge is 2.21. The minimum absolute atomic E-state index is 0.330. The summed E-state index contributed by atoms with van der Waals surface area (Å²) < 4.78 is 19.3. The first kappa shape index (κ1) is 17.5. The Morgan fingerprint density at radius 3 is 2.85 bits per heavy atom. The molecule has 0 saturated carbocycles. The smallest absolute Gasteiger partial charge is 0.319 e. The molecule has 2 amide bonds. The maximum absolute atomic E-state index is 13.5. The van der Waals surface area contributed by atoms with Crippen molar-refractivity contribution in [3.8, 4) is 6.07 Å². The number of hydrogen-bond acceptors (Lipinski definition) is 3. The Hall–Kier alpha value is -3.33. The first-order valence-electron chi connectivity index (χ1n) is 8.28. The number of urea groups is 1. The highest BCUT2D eigenvalue weighted by molar-refractivity contribution is 5.90. The minimum Gasteiger partial charge on any atom is -0.459 e. The van der Waals surface area contributed by atoms with Crippen molar-refractivity contribution in [2.24, 2.45) is 0 Å². The van der Waals surface area contributed by atoms with Gasteiger partial charge in [-0.2, -0.15) is 5.26 Å². The van der Waals surface area contributed by atoms with Crippen LogP contribution in [0.15, 0.2) is 46.9 Å². The summed E-state index contributed by atoms with van der Waals surface area (Å²) in [5, 5.41) is 15.2. The van der Waals surface area contributed by atoms with Gasteiger partial charge in [-0.3, -0.25) is 0 Å². The lowest BCUT2D eigenvalue weighted by Crippen LogP contribution is -2.32. The van der Waals surface area contributed by atoms with Crippen LogP contribution in [0, 0.1) is 24.1 Å². The van der Waals surface area contributed by atoms with Crippen LogP contribution in [0.25, 0.3) is 11.0 Å². The SMILES string of the molecule is CC[C@H](NC(=O)Nc1cccc(C#N)c1)c1oc2ccc(F)cc2c1C. The fourth-order valence-electron chi connectivity index (χ4n) is 2.89. The molecule has 5 nitrogen and oxygen atoms in total. The molecule has 0 aliphatic rings. The van der Waals surface area contributed by atoms with Gasteiger partial charge in [-0.15, -0.1) is 0 Å². The molecule has 0 unspecified atom stereocenters. The molecular formula is C20H18FN3O2. The standard InChI is InChI=1S/C20H18FN3O2/c1-3-17(19-12(2)16-10-14(21)7-8-18(16)26-19)24-20(25)23-15-6-4-5-13(9-15)11-22/h4-10,17H,3H2,1-2H3,(H2,23,24,25)/t17-/m0/s1. The van der Waals surface area contributed by atoms with Crippen molar-refractivity contribution in [3.05, 3.63) is 65.2 Å². The monoisotopic (exact) mass is 351 g/mol. The van der Waals surface area contributed by atoms with Crippen molar-refractivity contribution in [2.45, 2.75) is 26.3 Å². The zero-order chi connectivity index (χ0) is 18.7. The first-order chi connectivity index (χ1) is 12.5. The molecule has 0 fully saturated rings. The maximum atomic E-state index is 13.5. The number of carbonyl (C=O) groups excluding carboxylic acids is 1. The summed E-state index contributed by atoms with van der Waals surface area (Å²) in [7, 11) is 0. The summed E-state index contributed by atoms with van der Waals surface area (Å²) in [5.74, 6) is 0.276. The van der Waals surface area contributed by atoms with Crippen LogP contribution in [-0.2, 0) is 0 Å². The summed E-state index contributed by atoms with van der Waals surface area (Å²) in [6.45, 7) is 3.77. The predicted octanol–water partition coefficient (Wildman–Crippen LogP) is 5.02. The van der Waals surface area contributed by atoms with Crippen molar-refractivity contribution >= 4 is 22.7 Å². The number of nitrogens with one attached hydrogen (secondary N) is 2. The molecule has 3 aromatic rings. The maximum Gasteiger partial charge on any atom is 0.319 e. The number of hydrogen-bond donors (Lipinski definition) is 2. The molecule has 0 bridgehead atoms. The highest BCUT2D eigenvalue weighted by Crippen LogP contribution is 2.31. The van der Waals surface area contributed by atoms with Crippen LogP contribution in [0.5, 0.6) is 0 Å². The number of carbonyl (C=O) groups is 1. The van der Waals surface area contributed by atoms with Gasteiger partial charge in [0.05, 0.1) is 17.7 Å². The van der Waals surface area contributed by atoms with Crippen molar-refractivity contribution in [3.63, 3.8) is 0 Å². The summed E-state index contributed by atoms with van der Waals surface area (Å²) in [5.41, 5.74) is 2.38. The molecule has 0 radical (unpaired) electrons. The number of anilines is 1. The van der Waals surface area contributed by atoms with Gasteiger partial charge in [-0.05, 0) is 49.7 Å². The third-order valence-electron chi connectivity index (χ3n) is 4.21. The van der Waals surface area contributed by atoms with Crippen LogP contribution in [0.1, 0.15) is 36.3 Å². The Labute approximate surface area is 150 Å². The molecule has 0 aliphatic heterocycles. The average molecular weight is 351 g/mol. The number of benzene rings is 2. The lowest BCUT2D eigenvalue weighted by molar-refractivity contribution is 0.246. The van der Waals surface area contributed by atoms with Crippen molar-refractivity contribution in [2.75, 3.05) is 5.32 Å². The number of furan rings is 1. The van der Waals surface area contributed by atoms with Crippen LogP contribution >= 0.6 is 0 Å². The molecule has 2 aromatic carbocycles. The van der Waals surface area contributed by atoms with Gasteiger partial charge in [-0.1, -0.05) is 13.0 Å². The number of fused-ring (bicyclic) bond motifs is 1. The van der Waals surface area contributed by atoms with Gasteiger partial charge >= 0.3 is 6.03 Å². The molecule has 26 heavy (non-hydrogen) atoms. The van der Waals surface area contributed by atoms with Gasteiger partial charge in [0.25, 0.3) is 0 Å². The Balaban J connectivity index is 1.80. The van der Waals surface area contributed by atoms with Gasteiger partial charge in [0.1, 0.15) is 17.2 Å². The Morgan fingerprint density at radius 1 is 1.31 bits per heavy atom. The summed E-state index contributed by atoms with van der Waals surface area (Å²) in [4.78, 5) is 12.3. The normalized spacial score (nSPS) is 11.8. The molecule has 3 rings (SSSR count). The zero-order valence-electron chi connectivity index (χ0n) is 14.5. The molecule has 1 atom stereocenters. The first-order valence-corrected chi connectivity index (χ1v) is 8.28. The van der Waals surface area contributed by atoms with E-state index < -0.39 is 6.03 Å². The Kier molecular flexibility index (Phi) is 4.90. The largest absolute Gasteiger partial charge is 0.459 e. The lowest BCUT2D eigenvalue weighted by atomic mass is 10.1. The van der Waals surface area contributed by atoms with Crippen molar-refractivity contribution in [1.29, 1.82) is 5.26 Å². The zero-order valence-corrected chi connectivity index (χ0v) is 14.5. The van der Waals surface area contributed by atoms with Crippen LogP contribution in [-0.4, -0.2) is 6.03 Å². The fraction of sp³-hybridized carbons (Fsp3) is 0.200. The molecule has 0 spiro atoms. The number of aryl methyl sites for hydroxylation is 1. The van der Waals surface area contributed by atoms with Gasteiger partial charge in [0.2, 0.25) is 0 Å². The summed E-state index contributed by atoms with van der Waals surface area (Å²) in [6.07, 6.45) is 0.606. The minimum atomic E-state index is -0.405. The van der Waals surface area contributed by atoms with Gasteiger partial charge in [0.15, 0.2) is 0 Å². The van der Waals surface area contributed by atoms with Gasteiger partial charge < -0.3 is 15.1 Å². The Morgan fingerprint density at radius 2 is 2.12 bits per heavy atom. The molecular weight excluding hydrogens is 333 g/mol. The summed E-state index contributed by atoms with van der Waals surface area (Å²) in [6, 6.07) is 12.3. The van der Waals surface area contributed by atoms with E-state index in [4.69, 9.17) is 9.68 Å². The van der Waals surface area contributed by atoms with E-state index in [1.54, 1.807) is 30.3 Å². The van der Waals surface area contributed by atoms with E-state index in [-0.39, 0.29) is 11.9 Å². The number of amides is 2. The fourth-order valence-corrected chi connectivity index (χ4v) is 2.89. The van der Waals surface area contributed by atoms with E-state index in [2.05, 4.69) is 10.6 Å². The van der Waals surface area contributed by atoms with Crippen LogP contribution in [0.2, 0.25) is 0 Å². The molecule has 132 valence electrons. The quantitative estimate of drug-likeness (QED) is 0.692. The molecule has 0 aliphatic carbocycles. The molecule has 0 saturated heterocycles. The number of halogens is 1. The number of nitriles is 1. The summed E-state index contributed by atoms with van der Waals surface area (Å²) >= 11 is 0. The second kappa shape index (κ2) is 7.28. The van der Waals surface area contributed by atoms with Crippen LogP contribution < -0.4 is 10.6 Å². The van der Waals surface area contributed by atoms with Crippen molar-refractivity contribution < 1.29 is 13.6 Å². The van der Waals surface area contributed by atoms with E-state index in [0.717, 1.165) is 5.56 Å². The molecule has 2 N–H and O–H groups in total. The predicted molar refractivity (Wildman–Crippen MR) is 97.3 cm³/mol. The lowest BCUT2D eigenvalue weighted by Gasteiger charge is -2.16. The molecule has 1 heterocycles. The highest BCUT2D eigenvalue weighted by atomic mass is 19.1. The number of nitrogens with zero attached hydrogens (tertiary/aromatic N) is 1. The topological polar surface area (TPSA) is 78.1 Å². The van der Waals surface area contributed by atoms with Crippen LogP contribution in [0.4, 0.5) is 14.9 Å². The second-order valence-electron chi connectivity index (χ2n) is 5.98. The van der Waals surface area contributed by atoms with E-state index >= 15 is 0 Å². The molecule has 1 aromatic heterocycles. The average Bonchev–Trinajstić information content (AvgIpc) is 2.96. The van der Waals surface area contributed by atoms with E-state index in [9.17, 15) is 9.18 Å². The van der Waals surface area contributed by atoms with Gasteiger partial charge in [-0.25, -0.2) is 9.18 Å². The number of rotatable bonds is 4. The van der Waals surface area contributed by atoms with E-state index in [1.807, 2.05) is 19.9 Å².